The second kappa shape index (κ2) is 13.3. The highest BCUT2D eigenvalue weighted by molar-refractivity contribution is 5.98. The molecule has 43 heavy (non-hydrogen) atoms. The lowest BCUT2D eigenvalue weighted by molar-refractivity contribution is -0.134. The number of benzene rings is 1. The lowest BCUT2D eigenvalue weighted by atomic mass is 9.87. The maximum absolute atomic E-state index is 13.8. The lowest BCUT2D eigenvalue weighted by Crippen LogP contribution is -2.57. The van der Waals surface area contributed by atoms with Gasteiger partial charge in [-0.05, 0) is 68.7 Å². The molecule has 11 heteroatoms. The Hall–Kier alpha value is -3.73. The summed E-state index contributed by atoms with van der Waals surface area (Å²) in [7, 11) is 1.58. The maximum Gasteiger partial charge on any atom is 0.243 e. The van der Waals surface area contributed by atoms with E-state index in [2.05, 4.69) is 26.1 Å². The quantitative estimate of drug-likeness (QED) is 0.260. The fourth-order valence-electron chi connectivity index (χ4n) is 6.24. The van der Waals surface area contributed by atoms with Crippen LogP contribution in [0.5, 0.6) is 5.75 Å². The van der Waals surface area contributed by atoms with Gasteiger partial charge in [0.25, 0.3) is 0 Å². The molecule has 5 atom stereocenters. The summed E-state index contributed by atoms with van der Waals surface area (Å²) >= 11 is 0. The van der Waals surface area contributed by atoms with E-state index in [1.807, 2.05) is 12.1 Å². The van der Waals surface area contributed by atoms with Crippen LogP contribution in [0.4, 0.5) is 0 Å². The largest absolute Gasteiger partial charge is 0.497 e. The van der Waals surface area contributed by atoms with E-state index in [4.69, 9.17) is 9.47 Å². The number of methoxy groups -OCH3 is 1. The number of Topliss-reactive ketones (excluding diaryl/α,β-unsaturated/α-hetero) is 1. The average Bonchev–Trinajstić information content (AvgIpc) is 3.36. The van der Waals surface area contributed by atoms with Crippen LogP contribution in [0.25, 0.3) is 0 Å². The smallest absolute Gasteiger partial charge is 0.243 e. The van der Waals surface area contributed by atoms with Crippen molar-refractivity contribution in [3.05, 3.63) is 47.3 Å². The van der Waals surface area contributed by atoms with Crippen LogP contribution in [0.15, 0.2) is 30.5 Å². The predicted molar refractivity (Wildman–Crippen MR) is 158 cm³/mol. The van der Waals surface area contributed by atoms with E-state index < -0.39 is 35.5 Å². The molecule has 2 heterocycles. The van der Waals surface area contributed by atoms with Gasteiger partial charge in [-0.2, -0.15) is 5.10 Å². The molecular formula is C32H43N5O6. The van der Waals surface area contributed by atoms with Crippen LogP contribution < -0.4 is 20.7 Å². The van der Waals surface area contributed by atoms with Crippen LogP contribution in [0, 0.1) is 11.8 Å². The number of aromatic amines is 1. The monoisotopic (exact) mass is 593 g/mol. The van der Waals surface area contributed by atoms with Crippen molar-refractivity contribution in [1.82, 2.24) is 26.1 Å². The van der Waals surface area contributed by atoms with Gasteiger partial charge < -0.3 is 25.4 Å². The van der Waals surface area contributed by atoms with Crippen molar-refractivity contribution >= 4 is 23.5 Å². The Morgan fingerprint density at radius 3 is 2.42 bits per heavy atom. The van der Waals surface area contributed by atoms with Gasteiger partial charge in [-0.15, -0.1) is 0 Å². The molecule has 1 aromatic carbocycles. The minimum Gasteiger partial charge on any atom is -0.497 e. The third-order valence-electron chi connectivity index (χ3n) is 9.15. The van der Waals surface area contributed by atoms with Gasteiger partial charge >= 0.3 is 0 Å². The minimum atomic E-state index is -0.963. The van der Waals surface area contributed by atoms with Crippen molar-refractivity contribution in [2.75, 3.05) is 13.7 Å². The van der Waals surface area contributed by atoms with Gasteiger partial charge in [-0.25, -0.2) is 0 Å². The molecule has 0 spiro atoms. The van der Waals surface area contributed by atoms with Crippen LogP contribution in [-0.4, -0.2) is 71.1 Å². The number of fused-ring (bicyclic) bond motifs is 1. The third kappa shape index (κ3) is 7.62. The molecule has 1 aliphatic heterocycles. The molecule has 4 N–H and O–H groups in total. The summed E-state index contributed by atoms with van der Waals surface area (Å²) in [5, 5.41) is 15.7. The van der Waals surface area contributed by atoms with Gasteiger partial charge in [0.2, 0.25) is 17.7 Å². The summed E-state index contributed by atoms with van der Waals surface area (Å²) in [6.45, 7) is 3.71. The van der Waals surface area contributed by atoms with Crippen molar-refractivity contribution in [2.45, 2.75) is 95.4 Å². The summed E-state index contributed by atoms with van der Waals surface area (Å²) in [6, 6.07) is 4.74. The fraction of sp³-hybridized carbons (Fsp3) is 0.594. The van der Waals surface area contributed by atoms with Crippen LogP contribution in [0.1, 0.15) is 69.2 Å². The van der Waals surface area contributed by atoms with Crippen molar-refractivity contribution in [3.63, 3.8) is 0 Å². The van der Waals surface area contributed by atoms with E-state index in [-0.39, 0.29) is 24.0 Å². The van der Waals surface area contributed by atoms with Crippen LogP contribution in [-0.2, 0) is 43.2 Å². The number of carbonyl (C=O) groups excluding carboxylic acids is 4. The molecule has 2 fully saturated rings. The summed E-state index contributed by atoms with van der Waals surface area (Å²) in [6.07, 6.45) is 8.76. The molecule has 0 radical (unpaired) electrons. The molecule has 2 aliphatic carbocycles. The first-order valence-electron chi connectivity index (χ1n) is 15.4. The minimum absolute atomic E-state index is 0.129. The van der Waals surface area contributed by atoms with E-state index in [9.17, 15) is 19.2 Å². The Morgan fingerprint density at radius 2 is 1.74 bits per heavy atom. The van der Waals surface area contributed by atoms with Crippen LogP contribution in [0.2, 0.25) is 0 Å². The van der Waals surface area contributed by atoms with Crippen molar-refractivity contribution < 1.29 is 28.7 Å². The van der Waals surface area contributed by atoms with Gasteiger partial charge in [-0.3, -0.25) is 24.3 Å². The summed E-state index contributed by atoms with van der Waals surface area (Å²) in [5.41, 5.74) is 2.01. The number of hydrogen-bond acceptors (Lipinski definition) is 7. The highest BCUT2D eigenvalue weighted by Gasteiger charge is 2.50. The van der Waals surface area contributed by atoms with Gasteiger partial charge in [-0.1, -0.05) is 37.8 Å². The molecule has 5 rings (SSSR count). The second-order valence-electron chi connectivity index (χ2n) is 12.5. The molecule has 2 aromatic rings. The number of nitrogens with zero attached hydrogens (tertiary/aromatic N) is 1. The molecule has 3 aliphatic rings. The van der Waals surface area contributed by atoms with Crippen LogP contribution in [0.3, 0.4) is 0 Å². The Morgan fingerprint density at radius 1 is 1.05 bits per heavy atom. The van der Waals surface area contributed by atoms with Gasteiger partial charge in [0, 0.05) is 18.0 Å². The summed E-state index contributed by atoms with van der Waals surface area (Å²) < 4.78 is 10.7. The predicted octanol–water partition coefficient (Wildman–Crippen LogP) is 2.18. The lowest BCUT2D eigenvalue weighted by Gasteiger charge is -2.27. The SMILES string of the molecule is COc1ccc(C[C@H](NC(=O)[C@@H](C)NC(=O)[C@H]2CCc3[nH]ncc3C2)C(=O)N[C@@H](CC2CCCC2)C(=O)[C@@]2(C)CO2)cc1. The van der Waals surface area contributed by atoms with E-state index in [0.29, 0.717) is 37.5 Å². The molecule has 11 nitrogen and oxygen atoms in total. The first kappa shape index (κ1) is 30.7. The van der Waals surface area contributed by atoms with E-state index in [1.165, 1.54) is 0 Å². The zero-order chi connectivity index (χ0) is 30.6. The van der Waals surface area contributed by atoms with Crippen molar-refractivity contribution in [3.8, 4) is 5.75 Å². The van der Waals surface area contributed by atoms with Gasteiger partial charge in [0.15, 0.2) is 5.78 Å². The van der Waals surface area contributed by atoms with Crippen LogP contribution >= 0.6 is 0 Å². The van der Waals surface area contributed by atoms with Gasteiger partial charge in [0.05, 0.1) is 26.0 Å². The first-order valence-corrected chi connectivity index (χ1v) is 15.4. The number of H-pyrrole nitrogens is 1. The Balaban J connectivity index is 1.26. The number of rotatable bonds is 13. The number of carbonyl (C=O) groups is 4. The number of aryl methyl sites for hydroxylation is 1. The number of epoxide rings is 1. The van der Waals surface area contributed by atoms with Gasteiger partial charge in [0.1, 0.15) is 23.4 Å². The number of hydrogen-bond donors (Lipinski definition) is 4. The molecule has 1 saturated carbocycles. The fourth-order valence-corrected chi connectivity index (χ4v) is 6.24. The molecule has 0 unspecified atom stereocenters. The zero-order valence-corrected chi connectivity index (χ0v) is 25.2. The molecule has 3 amide bonds. The second-order valence-corrected chi connectivity index (χ2v) is 12.5. The van der Waals surface area contributed by atoms with E-state index in [0.717, 1.165) is 48.9 Å². The molecule has 1 aromatic heterocycles. The Kier molecular flexibility index (Phi) is 9.49. The first-order chi connectivity index (χ1) is 20.6. The summed E-state index contributed by atoms with van der Waals surface area (Å²) in [4.78, 5) is 53.6. The topological polar surface area (TPSA) is 155 Å². The number of aromatic nitrogens is 2. The average molecular weight is 594 g/mol. The molecule has 0 bridgehead atoms. The zero-order valence-electron chi connectivity index (χ0n) is 25.2. The number of ketones is 1. The third-order valence-corrected chi connectivity index (χ3v) is 9.15. The highest BCUT2D eigenvalue weighted by Crippen LogP contribution is 2.33. The highest BCUT2D eigenvalue weighted by atomic mass is 16.6. The van der Waals surface area contributed by atoms with Crippen molar-refractivity contribution in [1.29, 1.82) is 0 Å². The number of nitrogens with one attached hydrogen (secondary N) is 4. The number of amides is 3. The standard InChI is InChI=1S/C32H43N5O6/c1-19(34-30(40)22-10-13-25-23(16-22)17-33-37-25)29(39)36-27(15-21-8-11-24(42-3)12-9-21)31(41)35-26(14-20-6-4-5-7-20)28(38)32(2)18-43-32/h8-9,11-12,17,19-20,22,26-27H,4-7,10,13-16,18H2,1-3H3,(H,33,37)(H,34,40)(H,35,41)(H,36,39)/t19-,22+,26+,27+,32-/m1/s1. The molecule has 232 valence electrons. The van der Waals surface area contributed by atoms with E-state index in [1.54, 1.807) is 39.3 Å². The molecule has 1 saturated heterocycles. The normalized spacial score (nSPS) is 23.4. The Bertz CT molecular complexity index is 1310. The summed E-state index contributed by atoms with van der Waals surface area (Å²) in [5.74, 6) is -0.468. The van der Waals surface area contributed by atoms with E-state index >= 15 is 0 Å². The maximum atomic E-state index is 13.8. The number of ether oxygens (including phenoxy) is 2. The molecular weight excluding hydrogens is 550 g/mol. The Labute approximate surface area is 252 Å². The van der Waals surface area contributed by atoms with Crippen molar-refractivity contribution in [2.24, 2.45) is 11.8 Å².